The van der Waals surface area contributed by atoms with Gasteiger partial charge in [-0.15, -0.1) is 0 Å². The zero-order valence-corrected chi connectivity index (χ0v) is 23.6. The summed E-state index contributed by atoms with van der Waals surface area (Å²) in [4.78, 5) is 12.0. The average molecular weight is 537 g/mol. The lowest BCUT2D eigenvalue weighted by Gasteiger charge is -2.21. The molecule has 0 bridgehead atoms. The molecule has 0 aliphatic heterocycles. The van der Waals surface area contributed by atoms with Gasteiger partial charge in [0.25, 0.3) is 0 Å². The number of carbonyl (C=O) groups excluding carboxylic acids is 1. The summed E-state index contributed by atoms with van der Waals surface area (Å²) in [5.74, 6) is 1.43. The van der Waals surface area contributed by atoms with E-state index in [2.05, 4.69) is 47.9 Å². The summed E-state index contributed by atoms with van der Waals surface area (Å²) in [5, 5.41) is 6.72. The summed E-state index contributed by atoms with van der Waals surface area (Å²) in [5.41, 5.74) is 5.35. The van der Waals surface area contributed by atoms with Gasteiger partial charge in [-0.25, -0.2) is 0 Å². The maximum atomic E-state index is 12.0. The molecule has 1 amide bonds. The molecule has 1 atom stereocenters. The predicted molar refractivity (Wildman–Crippen MR) is 163 cm³/mol. The monoisotopic (exact) mass is 536 g/mol. The second-order valence-electron chi connectivity index (χ2n) is 10.0. The van der Waals surface area contributed by atoms with Gasteiger partial charge in [0.1, 0.15) is 24.7 Å². The van der Waals surface area contributed by atoms with Crippen LogP contribution in [0.2, 0.25) is 0 Å². The minimum absolute atomic E-state index is 0.115. The van der Waals surface area contributed by atoms with Crippen molar-refractivity contribution in [2.45, 2.75) is 58.8 Å². The number of nitrogens with one attached hydrogen (secondary N) is 2. The summed E-state index contributed by atoms with van der Waals surface area (Å²) < 4.78 is 12.0. The van der Waals surface area contributed by atoms with Gasteiger partial charge in [0, 0.05) is 13.0 Å². The van der Waals surface area contributed by atoms with E-state index in [9.17, 15) is 4.79 Å². The quantitative estimate of drug-likeness (QED) is 0.162. The first-order valence-corrected chi connectivity index (χ1v) is 14.2. The third kappa shape index (κ3) is 9.28. The van der Waals surface area contributed by atoms with E-state index in [0.717, 1.165) is 54.7 Å². The van der Waals surface area contributed by atoms with Crippen molar-refractivity contribution in [3.8, 4) is 11.5 Å². The van der Waals surface area contributed by atoms with Gasteiger partial charge in [-0.05, 0) is 65.9 Å². The zero-order valence-electron chi connectivity index (χ0n) is 23.6. The Morgan fingerprint density at radius 1 is 0.775 bits per heavy atom. The zero-order chi connectivity index (χ0) is 28.0. The Balaban J connectivity index is 1.36. The van der Waals surface area contributed by atoms with Crippen LogP contribution in [0.3, 0.4) is 0 Å². The molecule has 40 heavy (non-hydrogen) atoms. The van der Waals surface area contributed by atoms with Crippen molar-refractivity contribution in [2.24, 2.45) is 0 Å². The molecule has 208 valence electrons. The molecule has 0 aromatic heterocycles. The fourth-order valence-corrected chi connectivity index (χ4v) is 4.59. The van der Waals surface area contributed by atoms with Crippen LogP contribution >= 0.6 is 0 Å². The van der Waals surface area contributed by atoms with Gasteiger partial charge in [-0.1, -0.05) is 98.6 Å². The van der Waals surface area contributed by atoms with Gasteiger partial charge in [-0.2, -0.15) is 0 Å². The number of benzene rings is 4. The Morgan fingerprint density at radius 2 is 1.43 bits per heavy atom. The van der Waals surface area contributed by atoms with Crippen LogP contribution in [0.1, 0.15) is 61.4 Å². The van der Waals surface area contributed by atoms with Crippen molar-refractivity contribution in [3.05, 3.63) is 125 Å². The van der Waals surface area contributed by atoms with Crippen molar-refractivity contribution in [2.75, 3.05) is 11.9 Å². The molecular weight excluding hydrogens is 496 g/mol. The third-order valence-corrected chi connectivity index (χ3v) is 6.78. The highest BCUT2D eigenvalue weighted by Gasteiger charge is 2.15. The normalized spacial score (nSPS) is 11.6. The fraction of sp³-hybridized carbons (Fsp3) is 0.286. The lowest BCUT2D eigenvalue weighted by atomic mass is 9.99. The van der Waals surface area contributed by atoms with E-state index >= 15 is 0 Å². The maximum Gasteiger partial charge on any atom is 0.221 e. The van der Waals surface area contributed by atoms with Gasteiger partial charge in [0.2, 0.25) is 5.91 Å². The smallest absolute Gasteiger partial charge is 0.221 e. The number of amides is 1. The summed E-state index contributed by atoms with van der Waals surface area (Å²) in [6.45, 7) is 5.60. The van der Waals surface area contributed by atoms with Crippen molar-refractivity contribution >= 4 is 11.6 Å². The molecule has 0 saturated carbocycles. The minimum atomic E-state index is -0.115. The number of ether oxygens (including phenoxy) is 2. The molecule has 0 fully saturated rings. The SMILES string of the molecule is CCCCC(NCCc1ccc(OCc2ccccc2)cc1)c1ccc(OCc2ccccc2)c(NC(C)=O)c1. The van der Waals surface area contributed by atoms with Crippen LogP contribution < -0.4 is 20.1 Å². The topological polar surface area (TPSA) is 59.6 Å². The number of anilines is 1. The van der Waals surface area contributed by atoms with E-state index in [4.69, 9.17) is 9.47 Å². The van der Waals surface area contributed by atoms with E-state index in [1.54, 1.807) is 0 Å². The lowest BCUT2D eigenvalue weighted by Crippen LogP contribution is -2.24. The van der Waals surface area contributed by atoms with Gasteiger partial charge in [0.15, 0.2) is 0 Å². The van der Waals surface area contributed by atoms with Crippen molar-refractivity contribution < 1.29 is 14.3 Å². The molecular formula is C35H40N2O3. The Bertz CT molecular complexity index is 1310. The van der Waals surface area contributed by atoms with Crippen LogP contribution in [0.25, 0.3) is 0 Å². The van der Waals surface area contributed by atoms with E-state index in [1.165, 1.54) is 12.5 Å². The van der Waals surface area contributed by atoms with Crippen molar-refractivity contribution in [1.29, 1.82) is 0 Å². The summed E-state index contributed by atoms with van der Waals surface area (Å²) in [7, 11) is 0. The van der Waals surface area contributed by atoms with Gasteiger partial charge < -0.3 is 20.1 Å². The second kappa shape index (κ2) is 15.5. The summed E-state index contributed by atoms with van der Waals surface area (Å²) in [6, 6.07) is 34.9. The van der Waals surface area contributed by atoms with E-state index in [0.29, 0.717) is 24.7 Å². The lowest BCUT2D eigenvalue weighted by molar-refractivity contribution is -0.114. The number of hydrogen-bond donors (Lipinski definition) is 2. The van der Waals surface area contributed by atoms with Crippen LogP contribution in [0, 0.1) is 0 Å². The Kier molecular flexibility index (Phi) is 11.2. The highest BCUT2D eigenvalue weighted by molar-refractivity contribution is 5.90. The first kappa shape index (κ1) is 28.9. The van der Waals surface area contributed by atoms with E-state index in [-0.39, 0.29) is 11.9 Å². The highest BCUT2D eigenvalue weighted by atomic mass is 16.5. The van der Waals surface area contributed by atoms with Crippen LogP contribution in [0.5, 0.6) is 11.5 Å². The number of hydrogen-bond acceptors (Lipinski definition) is 4. The minimum Gasteiger partial charge on any atom is -0.489 e. The molecule has 0 aliphatic rings. The molecule has 0 heterocycles. The average Bonchev–Trinajstić information content (AvgIpc) is 2.98. The Morgan fingerprint density at radius 3 is 2.05 bits per heavy atom. The molecule has 4 rings (SSSR count). The molecule has 0 saturated heterocycles. The molecule has 1 unspecified atom stereocenters. The Labute approximate surface area is 238 Å². The molecule has 0 aliphatic carbocycles. The van der Waals surface area contributed by atoms with Crippen LogP contribution in [-0.4, -0.2) is 12.5 Å². The summed E-state index contributed by atoms with van der Waals surface area (Å²) >= 11 is 0. The molecule has 4 aromatic rings. The van der Waals surface area contributed by atoms with Crippen LogP contribution in [0.15, 0.2) is 103 Å². The van der Waals surface area contributed by atoms with Gasteiger partial charge in [0.05, 0.1) is 5.69 Å². The van der Waals surface area contributed by atoms with Gasteiger partial charge in [-0.3, -0.25) is 4.79 Å². The largest absolute Gasteiger partial charge is 0.489 e. The first-order valence-electron chi connectivity index (χ1n) is 14.2. The number of rotatable bonds is 15. The molecule has 5 heteroatoms. The molecule has 5 nitrogen and oxygen atoms in total. The molecule has 4 aromatic carbocycles. The van der Waals surface area contributed by atoms with Gasteiger partial charge >= 0.3 is 0 Å². The standard InChI is InChI=1S/C35H40N2O3/c1-3-4-15-33(36-23-22-28-16-19-32(20-17-28)39-25-29-11-7-5-8-12-29)31-18-21-35(34(24-31)37-27(2)38)40-26-30-13-9-6-10-14-30/h5-14,16-21,24,33,36H,3-4,15,22-23,25-26H2,1-2H3,(H,37,38). The number of carbonyl (C=O) groups is 1. The summed E-state index contributed by atoms with van der Waals surface area (Å²) in [6.07, 6.45) is 4.18. The van der Waals surface area contributed by atoms with Crippen LogP contribution in [0.4, 0.5) is 5.69 Å². The first-order chi connectivity index (χ1) is 19.6. The molecule has 0 spiro atoms. The van der Waals surface area contributed by atoms with Crippen molar-refractivity contribution in [1.82, 2.24) is 5.32 Å². The third-order valence-electron chi connectivity index (χ3n) is 6.78. The fourth-order valence-electron chi connectivity index (χ4n) is 4.59. The molecule has 2 N–H and O–H groups in total. The van der Waals surface area contributed by atoms with E-state index in [1.807, 2.05) is 72.8 Å². The Hall–Kier alpha value is -4.09. The predicted octanol–water partition coefficient (Wildman–Crippen LogP) is 7.87. The van der Waals surface area contributed by atoms with Crippen molar-refractivity contribution in [3.63, 3.8) is 0 Å². The van der Waals surface area contributed by atoms with E-state index < -0.39 is 0 Å². The highest BCUT2D eigenvalue weighted by Crippen LogP contribution is 2.31. The van der Waals surface area contributed by atoms with Crippen LogP contribution in [-0.2, 0) is 24.4 Å². The second-order valence-corrected chi connectivity index (χ2v) is 10.0. The number of unbranched alkanes of at least 4 members (excludes halogenated alkanes) is 1. The molecule has 0 radical (unpaired) electrons. The maximum absolute atomic E-state index is 12.0.